The Morgan fingerprint density at radius 2 is 1.69 bits per heavy atom. The molecule has 0 spiro atoms. The number of fused-ring (bicyclic) bond motifs is 1. The summed E-state index contributed by atoms with van der Waals surface area (Å²) in [6, 6.07) is 3.89. The molecule has 0 unspecified atom stereocenters. The molecular formula is C14H19NO. The normalized spacial score (nSPS) is 22.3. The number of aromatic hydroxyl groups is 1. The molecule has 1 aromatic rings. The molecule has 2 aliphatic rings. The van der Waals surface area contributed by atoms with Crippen molar-refractivity contribution in [3.63, 3.8) is 0 Å². The standard InChI is InChI=1S/C14H19NO/c15-14(8-3-9-14)12-6-7-13(16)11-5-2-1-4-10(11)12/h6-7,16H,1-5,8-9,15H2. The Hall–Kier alpha value is -1.02. The third kappa shape index (κ3) is 1.36. The highest BCUT2D eigenvalue weighted by atomic mass is 16.3. The smallest absolute Gasteiger partial charge is 0.119 e. The summed E-state index contributed by atoms with van der Waals surface area (Å²) in [5, 5.41) is 9.90. The Morgan fingerprint density at radius 1 is 1.00 bits per heavy atom. The van der Waals surface area contributed by atoms with Crippen LogP contribution in [0.1, 0.15) is 48.8 Å². The van der Waals surface area contributed by atoms with Gasteiger partial charge < -0.3 is 10.8 Å². The number of rotatable bonds is 1. The fourth-order valence-corrected chi connectivity index (χ4v) is 3.14. The molecule has 1 fully saturated rings. The van der Waals surface area contributed by atoms with E-state index in [9.17, 15) is 5.11 Å². The van der Waals surface area contributed by atoms with Crippen LogP contribution in [0.2, 0.25) is 0 Å². The van der Waals surface area contributed by atoms with E-state index in [-0.39, 0.29) is 5.54 Å². The van der Waals surface area contributed by atoms with Gasteiger partial charge in [0.05, 0.1) is 0 Å². The summed E-state index contributed by atoms with van der Waals surface area (Å²) in [5.74, 6) is 0.473. The maximum atomic E-state index is 9.90. The minimum Gasteiger partial charge on any atom is -0.508 e. The predicted octanol–water partition coefficient (Wildman–Crippen LogP) is 2.61. The van der Waals surface area contributed by atoms with Crippen molar-refractivity contribution in [2.75, 3.05) is 0 Å². The minimum atomic E-state index is -0.0882. The molecular weight excluding hydrogens is 198 g/mol. The van der Waals surface area contributed by atoms with Crippen molar-refractivity contribution in [1.29, 1.82) is 0 Å². The van der Waals surface area contributed by atoms with Gasteiger partial charge in [-0.1, -0.05) is 6.07 Å². The van der Waals surface area contributed by atoms with Crippen molar-refractivity contribution in [2.45, 2.75) is 50.5 Å². The van der Waals surface area contributed by atoms with E-state index >= 15 is 0 Å². The Balaban J connectivity index is 2.11. The van der Waals surface area contributed by atoms with Gasteiger partial charge in [0, 0.05) is 5.54 Å². The van der Waals surface area contributed by atoms with Crippen LogP contribution in [0.3, 0.4) is 0 Å². The van der Waals surface area contributed by atoms with Crippen LogP contribution < -0.4 is 5.73 Å². The second-order valence-corrected chi connectivity index (χ2v) is 5.31. The average molecular weight is 217 g/mol. The van der Waals surface area contributed by atoms with Crippen LogP contribution in [0, 0.1) is 0 Å². The molecule has 0 heterocycles. The lowest BCUT2D eigenvalue weighted by Crippen LogP contribution is -2.44. The molecule has 3 rings (SSSR count). The number of hydrogen-bond acceptors (Lipinski definition) is 2. The molecule has 0 aliphatic heterocycles. The number of nitrogens with two attached hydrogens (primary N) is 1. The highest BCUT2D eigenvalue weighted by Crippen LogP contribution is 2.43. The number of benzene rings is 1. The predicted molar refractivity (Wildman–Crippen MR) is 64.5 cm³/mol. The summed E-state index contributed by atoms with van der Waals surface area (Å²) >= 11 is 0. The van der Waals surface area contributed by atoms with Gasteiger partial charge in [0.1, 0.15) is 5.75 Å². The fraction of sp³-hybridized carbons (Fsp3) is 0.571. The van der Waals surface area contributed by atoms with Crippen LogP contribution in [-0.2, 0) is 18.4 Å². The zero-order valence-electron chi connectivity index (χ0n) is 9.63. The number of hydrogen-bond donors (Lipinski definition) is 2. The van der Waals surface area contributed by atoms with Gasteiger partial charge in [-0.3, -0.25) is 0 Å². The highest BCUT2D eigenvalue weighted by molar-refractivity contribution is 5.49. The summed E-state index contributed by atoms with van der Waals surface area (Å²) in [6.45, 7) is 0. The lowest BCUT2D eigenvalue weighted by Gasteiger charge is -2.41. The maximum absolute atomic E-state index is 9.90. The van der Waals surface area contributed by atoms with Gasteiger partial charge >= 0.3 is 0 Å². The van der Waals surface area contributed by atoms with Gasteiger partial charge in [-0.15, -0.1) is 0 Å². The highest BCUT2D eigenvalue weighted by Gasteiger charge is 2.37. The van der Waals surface area contributed by atoms with Crippen LogP contribution in [0.25, 0.3) is 0 Å². The molecule has 0 bridgehead atoms. The second kappa shape index (κ2) is 3.49. The SMILES string of the molecule is NC1(c2ccc(O)c3c2CCCC3)CCC1. The molecule has 1 saturated carbocycles. The van der Waals surface area contributed by atoms with Gasteiger partial charge in [-0.05, 0) is 67.7 Å². The van der Waals surface area contributed by atoms with Crippen molar-refractivity contribution in [1.82, 2.24) is 0 Å². The second-order valence-electron chi connectivity index (χ2n) is 5.31. The molecule has 2 heteroatoms. The third-order valence-corrected chi connectivity index (χ3v) is 4.29. The first-order valence-corrected chi connectivity index (χ1v) is 6.34. The maximum Gasteiger partial charge on any atom is 0.119 e. The summed E-state index contributed by atoms with van der Waals surface area (Å²) in [7, 11) is 0. The van der Waals surface area contributed by atoms with Crippen molar-refractivity contribution in [3.8, 4) is 5.75 Å². The van der Waals surface area contributed by atoms with E-state index in [2.05, 4.69) is 6.07 Å². The molecule has 2 nitrogen and oxygen atoms in total. The van der Waals surface area contributed by atoms with Gasteiger partial charge in [0.15, 0.2) is 0 Å². The number of phenolic OH excluding ortho intramolecular Hbond substituents is 1. The van der Waals surface area contributed by atoms with E-state index in [1.807, 2.05) is 6.07 Å². The van der Waals surface area contributed by atoms with Crippen LogP contribution in [-0.4, -0.2) is 5.11 Å². The summed E-state index contributed by atoms with van der Waals surface area (Å²) in [4.78, 5) is 0. The molecule has 0 radical (unpaired) electrons. The van der Waals surface area contributed by atoms with Crippen LogP contribution >= 0.6 is 0 Å². The number of phenols is 1. The quantitative estimate of drug-likeness (QED) is 0.759. The Morgan fingerprint density at radius 3 is 2.31 bits per heavy atom. The average Bonchev–Trinajstić information content (AvgIpc) is 2.27. The third-order valence-electron chi connectivity index (χ3n) is 4.29. The van der Waals surface area contributed by atoms with E-state index < -0.39 is 0 Å². The van der Waals surface area contributed by atoms with E-state index in [1.54, 1.807) is 0 Å². The zero-order valence-corrected chi connectivity index (χ0v) is 9.63. The monoisotopic (exact) mass is 217 g/mol. The first-order chi connectivity index (χ1) is 7.71. The van der Waals surface area contributed by atoms with Crippen LogP contribution in [0.4, 0.5) is 0 Å². The molecule has 0 saturated heterocycles. The first kappa shape index (κ1) is 10.2. The Bertz CT molecular complexity index is 421. The molecule has 0 atom stereocenters. The van der Waals surface area contributed by atoms with Gasteiger partial charge in [0.2, 0.25) is 0 Å². The van der Waals surface area contributed by atoms with Crippen molar-refractivity contribution in [2.24, 2.45) is 5.73 Å². The summed E-state index contributed by atoms with van der Waals surface area (Å²) in [5.41, 5.74) is 10.2. The van der Waals surface area contributed by atoms with E-state index in [0.717, 1.165) is 25.7 Å². The van der Waals surface area contributed by atoms with Gasteiger partial charge in [-0.25, -0.2) is 0 Å². The molecule has 0 amide bonds. The van der Waals surface area contributed by atoms with Crippen molar-refractivity contribution < 1.29 is 5.11 Å². The van der Waals surface area contributed by atoms with Gasteiger partial charge in [0.25, 0.3) is 0 Å². The summed E-state index contributed by atoms with van der Waals surface area (Å²) in [6.07, 6.45) is 7.99. The molecule has 1 aromatic carbocycles. The fourth-order valence-electron chi connectivity index (χ4n) is 3.14. The topological polar surface area (TPSA) is 46.2 Å². The molecule has 3 N–H and O–H groups in total. The van der Waals surface area contributed by atoms with Crippen molar-refractivity contribution >= 4 is 0 Å². The molecule has 0 aromatic heterocycles. The van der Waals surface area contributed by atoms with E-state index in [1.165, 1.54) is 36.0 Å². The van der Waals surface area contributed by atoms with E-state index in [4.69, 9.17) is 5.73 Å². The first-order valence-electron chi connectivity index (χ1n) is 6.34. The zero-order chi connectivity index (χ0) is 11.2. The lowest BCUT2D eigenvalue weighted by atomic mass is 9.69. The van der Waals surface area contributed by atoms with E-state index in [0.29, 0.717) is 5.75 Å². The van der Waals surface area contributed by atoms with Crippen LogP contribution in [0.5, 0.6) is 5.75 Å². The molecule has 86 valence electrons. The van der Waals surface area contributed by atoms with Gasteiger partial charge in [-0.2, -0.15) is 0 Å². The van der Waals surface area contributed by atoms with Crippen LogP contribution in [0.15, 0.2) is 12.1 Å². The largest absolute Gasteiger partial charge is 0.508 e. The molecule has 2 aliphatic carbocycles. The van der Waals surface area contributed by atoms with Crippen molar-refractivity contribution in [3.05, 3.63) is 28.8 Å². The minimum absolute atomic E-state index is 0.0882. The Kier molecular flexibility index (Phi) is 2.21. The lowest BCUT2D eigenvalue weighted by molar-refractivity contribution is 0.250. The molecule has 16 heavy (non-hydrogen) atoms. The Labute approximate surface area is 96.5 Å². The summed E-state index contributed by atoms with van der Waals surface area (Å²) < 4.78 is 0.